The number of amides is 1. The van der Waals surface area contributed by atoms with Gasteiger partial charge in [0.15, 0.2) is 0 Å². The van der Waals surface area contributed by atoms with Crippen molar-refractivity contribution in [3.8, 4) is 0 Å². The molecule has 1 aromatic rings. The SMILES string of the molecule is Cc1cccc(C)c1CN[C@@H]1CCCC[C@H]1C(N)=O. The third kappa shape index (κ3) is 3.35. The standard InChI is InChI=1S/C16H24N2O/c1-11-6-5-7-12(2)14(11)10-18-15-9-4-3-8-13(15)16(17)19/h5-7,13,15,18H,3-4,8-10H2,1-2H3,(H2,17,19)/t13-,15-/m1/s1. The van der Waals surface area contributed by atoms with E-state index in [2.05, 4.69) is 37.4 Å². The van der Waals surface area contributed by atoms with Crippen molar-refractivity contribution >= 4 is 5.91 Å². The molecule has 0 radical (unpaired) electrons. The summed E-state index contributed by atoms with van der Waals surface area (Å²) in [5.74, 6) is -0.156. The largest absolute Gasteiger partial charge is 0.369 e. The first kappa shape index (κ1) is 14.1. The monoisotopic (exact) mass is 260 g/mol. The van der Waals surface area contributed by atoms with Gasteiger partial charge in [-0.2, -0.15) is 0 Å². The fourth-order valence-electron chi connectivity index (χ4n) is 3.08. The van der Waals surface area contributed by atoms with E-state index in [1.807, 2.05) is 0 Å². The fourth-order valence-corrected chi connectivity index (χ4v) is 3.08. The summed E-state index contributed by atoms with van der Waals surface area (Å²) in [5.41, 5.74) is 9.46. The molecule has 19 heavy (non-hydrogen) atoms. The highest BCUT2D eigenvalue weighted by Crippen LogP contribution is 2.25. The Bertz CT molecular complexity index is 436. The third-order valence-corrected chi connectivity index (χ3v) is 4.32. The van der Waals surface area contributed by atoms with Gasteiger partial charge in [0.05, 0.1) is 5.92 Å². The Morgan fingerprint density at radius 3 is 2.53 bits per heavy atom. The first-order chi connectivity index (χ1) is 9.09. The minimum absolute atomic E-state index is 0.00178. The lowest BCUT2D eigenvalue weighted by Crippen LogP contribution is -2.44. The zero-order valence-corrected chi connectivity index (χ0v) is 11.9. The summed E-state index contributed by atoms with van der Waals surface area (Å²) in [4.78, 5) is 11.5. The van der Waals surface area contributed by atoms with Crippen LogP contribution in [-0.4, -0.2) is 11.9 Å². The van der Waals surface area contributed by atoms with Gasteiger partial charge in [-0.1, -0.05) is 31.0 Å². The molecule has 104 valence electrons. The summed E-state index contributed by atoms with van der Waals surface area (Å²) in [6.07, 6.45) is 4.29. The summed E-state index contributed by atoms with van der Waals surface area (Å²) in [5, 5.41) is 3.55. The van der Waals surface area contributed by atoms with Gasteiger partial charge in [0.2, 0.25) is 5.91 Å². The van der Waals surface area contributed by atoms with Crippen molar-refractivity contribution < 1.29 is 4.79 Å². The number of rotatable bonds is 4. The highest BCUT2D eigenvalue weighted by Gasteiger charge is 2.28. The Morgan fingerprint density at radius 1 is 1.26 bits per heavy atom. The maximum atomic E-state index is 11.5. The smallest absolute Gasteiger partial charge is 0.222 e. The van der Waals surface area contributed by atoms with E-state index in [1.165, 1.54) is 23.1 Å². The molecule has 1 fully saturated rings. The van der Waals surface area contributed by atoms with Crippen molar-refractivity contribution in [1.82, 2.24) is 5.32 Å². The van der Waals surface area contributed by atoms with E-state index in [-0.39, 0.29) is 17.9 Å². The van der Waals surface area contributed by atoms with Crippen LogP contribution in [0.1, 0.15) is 42.4 Å². The van der Waals surface area contributed by atoms with Crippen LogP contribution in [0.25, 0.3) is 0 Å². The molecule has 2 atom stereocenters. The van der Waals surface area contributed by atoms with Gasteiger partial charge >= 0.3 is 0 Å². The minimum atomic E-state index is -0.154. The average molecular weight is 260 g/mol. The molecule has 1 aliphatic rings. The van der Waals surface area contributed by atoms with Crippen LogP contribution < -0.4 is 11.1 Å². The van der Waals surface area contributed by atoms with Gasteiger partial charge in [0.25, 0.3) is 0 Å². The number of hydrogen-bond acceptors (Lipinski definition) is 2. The second kappa shape index (κ2) is 6.20. The first-order valence-corrected chi connectivity index (χ1v) is 7.17. The molecule has 1 aliphatic carbocycles. The van der Waals surface area contributed by atoms with Crippen LogP contribution in [0.3, 0.4) is 0 Å². The van der Waals surface area contributed by atoms with Crippen LogP contribution in [0.4, 0.5) is 0 Å². The summed E-state index contributed by atoms with van der Waals surface area (Å²) < 4.78 is 0. The molecule has 1 amide bonds. The zero-order valence-electron chi connectivity index (χ0n) is 11.9. The maximum Gasteiger partial charge on any atom is 0.222 e. The average Bonchev–Trinajstić information content (AvgIpc) is 2.38. The van der Waals surface area contributed by atoms with Crippen LogP contribution in [-0.2, 0) is 11.3 Å². The van der Waals surface area contributed by atoms with Crippen molar-refractivity contribution in [1.29, 1.82) is 0 Å². The Morgan fingerprint density at radius 2 is 1.89 bits per heavy atom. The predicted octanol–water partition coefficient (Wildman–Crippen LogP) is 2.44. The summed E-state index contributed by atoms with van der Waals surface area (Å²) in [6.45, 7) is 5.10. The Kier molecular flexibility index (Phi) is 4.59. The molecule has 2 rings (SSSR count). The van der Waals surface area contributed by atoms with Crippen molar-refractivity contribution in [2.24, 2.45) is 11.7 Å². The van der Waals surface area contributed by atoms with Gasteiger partial charge in [-0.15, -0.1) is 0 Å². The summed E-state index contributed by atoms with van der Waals surface area (Å²) in [6, 6.07) is 6.60. The van der Waals surface area contributed by atoms with Crippen LogP contribution >= 0.6 is 0 Å². The van der Waals surface area contributed by atoms with Gasteiger partial charge in [0, 0.05) is 12.6 Å². The van der Waals surface area contributed by atoms with E-state index in [1.54, 1.807) is 0 Å². The number of carbonyl (C=O) groups excluding carboxylic acids is 1. The molecule has 3 N–H and O–H groups in total. The van der Waals surface area contributed by atoms with Crippen LogP contribution in [0.15, 0.2) is 18.2 Å². The topological polar surface area (TPSA) is 55.1 Å². The van der Waals surface area contributed by atoms with Gasteiger partial charge < -0.3 is 11.1 Å². The van der Waals surface area contributed by atoms with Crippen LogP contribution in [0, 0.1) is 19.8 Å². The molecule has 0 spiro atoms. The summed E-state index contributed by atoms with van der Waals surface area (Å²) in [7, 11) is 0. The van der Waals surface area contributed by atoms with E-state index in [0.717, 1.165) is 25.8 Å². The molecule has 0 aromatic heterocycles. The Hall–Kier alpha value is -1.35. The highest BCUT2D eigenvalue weighted by molar-refractivity contribution is 5.77. The third-order valence-electron chi connectivity index (χ3n) is 4.32. The lowest BCUT2D eigenvalue weighted by atomic mass is 9.84. The van der Waals surface area contributed by atoms with E-state index < -0.39 is 0 Å². The number of nitrogens with two attached hydrogens (primary N) is 1. The number of carbonyl (C=O) groups is 1. The normalized spacial score (nSPS) is 23.3. The van der Waals surface area contributed by atoms with E-state index in [9.17, 15) is 4.79 Å². The fraction of sp³-hybridized carbons (Fsp3) is 0.562. The van der Waals surface area contributed by atoms with Crippen molar-refractivity contribution in [2.75, 3.05) is 0 Å². The molecule has 0 aliphatic heterocycles. The summed E-state index contributed by atoms with van der Waals surface area (Å²) >= 11 is 0. The van der Waals surface area contributed by atoms with Gasteiger partial charge in [-0.25, -0.2) is 0 Å². The van der Waals surface area contributed by atoms with Crippen LogP contribution in [0.5, 0.6) is 0 Å². The minimum Gasteiger partial charge on any atom is -0.369 e. The molecule has 1 saturated carbocycles. The number of benzene rings is 1. The Labute approximate surface area is 115 Å². The van der Waals surface area contributed by atoms with E-state index in [4.69, 9.17) is 5.73 Å². The second-order valence-electron chi connectivity index (χ2n) is 5.65. The predicted molar refractivity (Wildman–Crippen MR) is 77.7 cm³/mol. The number of hydrogen-bond donors (Lipinski definition) is 2. The van der Waals surface area contributed by atoms with Crippen molar-refractivity contribution in [3.63, 3.8) is 0 Å². The molecular weight excluding hydrogens is 236 g/mol. The Balaban J connectivity index is 2.02. The van der Waals surface area contributed by atoms with Gasteiger partial charge in [0.1, 0.15) is 0 Å². The molecule has 0 saturated heterocycles. The number of aryl methyl sites for hydroxylation is 2. The van der Waals surface area contributed by atoms with Crippen molar-refractivity contribution in [3.05, 3.63) is 34.9 Å². The lowest BCUT2D eigenvalue weighted by Gasteiger charge is -2.30. The maximum absolute atomic E-state index is 11.5. The molecule has 0 heterocycles. The van der Waals surface area contributed by atoms with Crippen LogP contribution in [0.2, 0.25) is 0 Å². The van der Waals surface area contributed by atoms with Crippen molar-refractivity contribution in [2.45, 2.75) is 52.1 Å². The number of nitrogens with one attached hydrogen (secondary N) is 1. The molecule has 3 nitrogen and oxygen atoms in total. The van der Waals surface area contributed by atoms with E-state index >= 15 is 0 Å². The first-order valence-electron chi connectivity index (χ1n) is 7.17. The lowest BCUT2D eigenvalue weighted by molar-refractivity contribution is -0.123. The molecule has 3 heteroatoms. The van der Waals surface area contributed by atoms with E-state index in [0.29, 0.717) is 0 Å². The zero-order chi connectivity index (χ0) is 13.8. The number of primary amides is 1. The van der Waals surface area contributed by atoms with Gasteiger partial charge in [-0.05, 0) is 43.4 Å². The molecule has 1 aromatic carbocycles. The molecular formula is C16H24N2O. The highest BCUT2D eigenvalue weighted by atomic mass is 16.1. The molecule has 0 bridgehead atoms. The van der Waals surface area contributed by atoms with Gasteiger partial charge in [-0.3, -0.25) is 4.79 Å². The second-order valence-corrected chi connectivity index (χ2v) is 5.65. The quantitative estimate of drug-likeness (QED) is 0.873. The molecule has 0 unspecified atom stereocenters.